The first kappa shape index (κ1) is 9.97. The molecule has 5 unspecified atom stereocenters. The van der Waals surface area contributed by atoms with Crippen molar-refractivity contribution in [2.45, 2.75) is 19.8 Å². The van der Waals surface area contributed by atoms with Gasteiger partial charge in [0.2, 0.25) is 0 Å². The number of ether oxygens (including phenoxy) is 1. The van der Waals surface area contributed by atoms with Crippen LogP contribution in [-0.2, 0) is 9.53 Å². The Kier molecular flexibility index (Phi) is 2.52. The van der Waals surface area contributed by atoms with Crippen LogP contribution in [0, 0.1) is 29.6 Å². The largest absolute Gasteiger partial charge is 0.469 e. The van der Waals surface area contributed by atoms with Gasteiger partial charge in [-0.15, -0.1) is 0 Å². The molecule has 0 radical (unpaired) electrons. The molecule has 5 atom stereocenters. The van der Waals surface area contributed by atoms with Crippen molar-refractivity contribution in [2.75, 3.05) is 13.7 Å². The zero-order valence-electron chi connectivity index (χ0n) is 8.90. The summed E-state index contributed by atoms with van der Waals surface area (Å²) in [7, 11) is 1.49. The molecule has 2 bridgehead atoms. The summed E-state index contributed by atoms with van der Waals surface area (Å²) < 4.78 is 4.86. The second kappa shape index (κ2) is 3.54. The second-order valence-electron chi connectivity index (χ2n) is 4.80. The monoisotopic (exact) mass is 197 g/mol. The molecule has 3 nitrogen and oxygen atoms in total. The zero-order valence-corrected chi connectivity index (χ0v) is 8.90. The van der Waals surface area contributed by atoms with Crippen molar-refractivity contribution >= 4 is 5.97 Å². The molecule has 80 valence electrons. The number of carbonyl (C=O) groups excluding carboxylic acids is 1. The summed E-state index contributed by atoms with van der Waals surface area (Å²) in [4.78, 5) is 11.6. The number of esters is 1. The van der Waals surface area contributed by atoms with E-state index in [1.165, 1.54) is 13.5 Å². The normalized spacial score (nSPS) is 45.5. The van der Waals surface area contributed by atoms with E-state index in [-0.39, 0.29) is 11.9 Å². The molecule has 0 aromatic carbocycles. The SMILES string of the molecule is COC(=O)C1C2CC(CN)C(C2)C1C. The van der Waals surface area contributed by atoms with Crippen LogP contribution >= 0.6 is 0 Å². The summed E-state index contributed by atoms with van der Waals surface area (Å²) >= 11 is 0. The molecule has 2 aliphatic rings. The van der Waals surface area contributed by atoms with Crippen molar-refractivity contribution in [2.24, 2.45) is 35.3 Å². The lowest BCUT2D eigenvalue weighted by molar-refractivity contribution is -0.149. The highest BCUT2D eigenvalue weighted by molar-refractivity contribution is 5.73. The number of hydrogen-bond acceptors (Lipinski definition) is 3. The zero-order chi connectivity index (χ0) is 10.3. The third kappa shape index (κ3) is 1.26. The summed E-state index contributed by atoms with van der Waals surface area (Å²) in [6.45, 7) is 2.95. The van der Waals surface area contributed by atoms with Gasteiger partial charge in [0.05, 0.1) is 13.0 Å². The molecule has 0 amide bonds. The van der Waals surface area contributed by atoms with Crippen LogP contribution in [0.5, 0.6) is 0 Å². The minimum Gasteiger partial charge on any atom is -0.469 e. The highest BCUT2D eigenvalue weighted by Crippen LogP contribution is 2.55. The Hall–Kier alpha value is -0.570. The van der Waals surface area contributed by atoms with E-state index in [1.807, 2.05) is 0 Å². The van der Waals surface area contributed by atoms with E-state index in [2.05, 4.69) is 6.92 Å². The topological polar surface area (TPSA) is 52.3 Å². The predicted octanol–water partition coefficient (Wildman–Crippen LogP) is 1.03. The molecule has 2 rings (SSSR count). The number of rotatable bonds is 2. The molecule has 0 saturated heterocycles. The third-order valence-corrected chi connectivity index (χ3v) is 4.31. The molecule has 2 saturated carbocycles. The van der Waals surface area contributed by atoms with Gasteiger partial charge in [-0.25, -0.2) is 0 Å². The molecule has 2 N–H and O–H groups in total. The van der Waals surface area contributed by atoms with Gasteiger partial charge in [0.1, 0.15) is 0 Å². The van der Waals surface area contributed by atoms with E-state index < -0.39 is 0 Å². The van der Waals surface area contributed by atoms with Crippen LogP contribution < -0.4 is 5.73 Å². The molecule has 2 fully saturated rings. The number of nitrogens with two attached hydrogens (primary N) is 1. The predicted molar refractivity (Wildman–Crippen MR) is 53.4 cm³/mol. The summed E-state index contributed by atoms with van der Waals surface area (Å²) in [6, 6.07) is 0. The molecular weight excluding hydrogens is 178 g/mol. The van der Waals surface area contributed by atoms with Crippen molar-refractivity contribution in [3.05, 3.63) is 0 Å². The van der Waals surface area contributed by atoms with Crippen LogP contribution in [0.1, 0.15) is 19.8 Å². The Morgan fingerprint density at radius 3 is 2.71 bits per heavy atom. The first-order valence-corrected chi connectivity index (χ1v) is 5.47. The van der Waals surface area contributed by atoms with Gasteiger partial charge in [-0.05, 0) is 43.1 Å². The molecule has 0 heterocycles. The van der Waals surface area contributed by atoms with Gasteiger partial charge < -0.3 is 10.5 Å². The number of methoxy groups -OCH3 is 1. The summed E-state index contributed by atoms with van der Waals surface area (Å²) in [5, 5.41) is 0. The molecule has 3 heteroatoms. The second-order valence-corrected chi connectivity index (χ2v) is 4.80. The first-order chi connectivity index (χ1) is 6.69. The Labute approximate surface area is 85.0 Å². The van der Waals surface area contributed by atoms with Crippen LogP contribution in [0.4, 0.5) is 0 Å². The van der Waals surface area contributed by atoms with E-state index in [9.17, 15) is 4.79 Å². The van der Waals surface area contributed by atoms with E-state index in [1.54, 1.807) is 0 Å². The van der Waals surface area contributed by atoms with Crippen LogP contribution in [-0.4, -0.2) is 19.6 Å². The van der Waals surface area contributed by atoms with Gasteiger partial charge in [0.25, 0.3) is 0 Å². The van der Waals surface area contributed by atoms with Crippen LogP contribution in [0.3, 0.4) is 0 Å². The van der Waals surface area contributed by atoms with Gasteiger partial charge in [0.15, 0.2) is 0 Å². The minimum atomic E-state index is -0.0135. The molecule has 2 aliphatic carbocycles. The van der Waals surface area contributed by atoms with Gasteiger partial charge in [-0.2, -0.15) is 0 Å². The van der Waals surface area contributed by atoms with Crippen molar-refractivity contribution in [1.82, 2.24) is 0 Å². The highest BCUT2D eigenvalue weighted by atomic mass is 16.5. The number of hydrogen-bond donors (Lipinski definition) is 1. The van der Waals surface area contributed by atoms with Crippen molar-refractivity contribution in [3.8, 4) is 0 Å². The fourth-order valence-electron chi connectivity index (χ4n) is 3.65. The Morgan fingerprint density at radius 2 is 2.21 bits per heavy atom. The lowest BCUT2D eigenvalue weighted by Crippen LogP contribution is -2.35. The lowest BCUT2D eigenvalue weighted by Gasteiger charge is -2.31. The first-order valence-electron chi connectivity index (χ1n) is 5.47. The smallest absolute Gasteiger partial charge is 0.309 e. The quantitative estimate of drug-likeness (QED) is 0.673. The van der Waals surface area contributed by atoms with Crippen molar-refractivity contribution in [1.29, 1.82) is 0 Å². The maximum absolute atomic E-state index is 11.6. The highest BCUT2D eigenvalue weighted by Gasteiger charge is 2.53. The third-order valence-electron chi connectivity index (χ3n) is 4.31. The van der Waals surface area contributed by atoms with E-state index in [4.69, 9.17) is 10.5 Å². The van der Waals surface area contributed by atoms with Crippen molar-refractivity contribution in [3.63, 3.8) is 0 Å². The van der Waals surface area contributed by atoms with Gasteiger partial charge in [-0.3, -0.25) is 4.79 Å². The standard InChI is InChI=1S/C11H19NO2/c1-6-9-4-7(3-8(9)5-12)10(6)11(13)14-2/h6-10H,3-5,12H2,1-2H3. The Morgan fingerprint density at radius 1 is 1.50 bits per heavy atom. The molecule has 0 spiro atoms. The Balaban J connectivity index is 2.10. The summed E-state index contributed by atoms with van der Waals surface area (Å²) in [5.41, 5.74) is 5.72. The van der Waals surface area contributed by atoms with Crippen LogP contribution in [0.15, 0.2) is 0 Å². The lowest BCUT2D eigenvalue weighted by atomic mass is 9.75. The molecular formula is C11H19NO2. The molecule has 0 aromatic heterocycles. The maximum Gasteiger partial charge on any atom is 0.309 e. The summed E-state index contributed by atoms with van der Waals surface area (Å²) in [6.07, 6.45) is 2.31. The molecule has 14 heavy (non-hydrogen) atoms. The number of carbonyl (C=O) groups is 1. The molecule has 0 aromatic rings. The fourth-order valence-corrected chi connectivity index (χ4v) is 3.65. The van der Waals surface area contributed by atoms with Crippen molar-refractivity contribution < 1.29 is 9.53 Å². The summed E-state index contributed by atoms with van der Waals surface area (Å²) in [5.74, 6) is 2.45. The minimum absolute atomic E-state index is 0.0135. The molecule has 0 aliphatic heterocycles. The van der Waals surface area contributed by atoms with Gasteiger partial charge >= 0.3 is 5.97 Å². The van der Waals surface area contributed by atoms with Crippen LogP contribution in [0.2, 0.25) is 0 Å². The maximum atomic E-state index is 11.6. The van der Waals surface area contributed by atoms with Gasteiger partial charge in [-0.1, -0.05) is 6.92 Å². The average Bonchev–Trinajstić information content (AvgIpc) is 2.73. The van der Waals surface area contributed by atoms with Gasteiger partial charge in [0, 0.05) is 0 Å². The average molecular weight is 197 g/mol. The van der Waals surface area contributed by atoms with E-state index in [0.717, 1.165) is 13.0 Å². The Bertz CT molecular complexity index is 237. The van der Waals surface area contributed by atoms with E-state index >= 15 is 0 Å². The number of fused-ring (bicyclic) bond motifs is 2. The fraction of sp³-hybridized carbons (Fsp3) is 0.909. The van der Waals surface area contributed by atoms with E-state index in [0.29, 0.717) is 23.7 Å². The van der Waals surface area contributed by atoms with Crippen LogP contribution in [0.25, 0.3) is 0 Å².